The highest BCUT2D eigenvalue weighted by molar-refractivity contribution is 5.81. The zero-order valence-electron chi connectivity index (χ0n) is 8.29. The summed E-state index contributed by atoms with van der Waals surface area (Å²) in [6.45, 7) is 5.93. The third kappa shape index (κ3) is 8.86. The number of unbranched alkanes of at least 4 members (excludes halogenated alkanes) is 2. The Hall–Kier alpha value is -1.05. The predicted octanol–water partition coefficient (Wildman–Crippen LogP) is 2.85. The first-order chi connectivity index (χ1) is 6.31. The standard InChI is InChI=1S/C11H18O2/c1-3-5-6-7-8-9-10-13-11(12)4-2/h4,7-8H,2-3,5-6,9-10H2,1H3/b8-7+. The zero-order valence-corrected chi connectivity index (χ0v) is 8.29. The number of ether oxygens (including phenoxy) is 1. The Bertz CT molecular complexity index is 171. The molecule has 0 aromatic carbocycles. The lowest BCUT2D eigenvalue weighted by Crippen LogP contribution is -2.00. The summed E-state index contributed by atoms with van der Waals surface area (Å²) < 4.78 is 4.79. The van der Waals surface area contributed by atoms with E-state index in [9.17, 15) is 4.79 Å². The van der Waals surface area contributed by atoms with E-state index in [0.717, 1.165) is 12.8 Å². The Morgan fingerprint density at radius 2 is 2.08 bits per heavy atom. The Balaban J connectivity index is 3.19. The molecule has 0 aromatic rings. The molecule has 0 saturated heterocycles. The van der Waals surface area contributed by atoms with Gasteiger partial charge in [0.2, 0.25) is 0 Å². The van der Waals surface area contributed by atoms with Gasteiger partial charge in [-0.2, -0.15) is 0 Å². The number of hydrogen-bond donors (Lipinski definition) is 0. The second kappa shape index (κ2) is 9.04. The summed E-state index contributed by atoms with van der Waals surface area (Å²) in [6, 6.07) is 0. The van der Waals surface area contributed by atoms with E-state index >= 15 is 0 Å². The quantitative estimate of drug-likeness (QED) is 0.262. The molecule has 13 heavy (non-hydrogen) atoms. The van der Waals surface area contributed by atoms with E-state index < -0.39 is 0 Å². The highest BCUT2D eigenvalue weighted by Gasteiger charge is 1.91. The number of allylic oxidation sites excluding steroid dienone is 1. The molecule has 0 fully saturated rings. The lowest BCUT2D eigenvalue weighted by Gasteiger charge is -1.97. The summed E-state index contributed by atoms with van der Waals surface area (Å²) in [6.07, 6.45) is 9.71. The van der Waals surface area contributed by atoms with Crippen LogP contribution in [0.3, 0.4) is 0 Å². The number of hydrogen-bond acceptors (Lipinski definition) is 2. The average Bonchev–Trinajstić information content (AvgIpc) is 2.16. The first-order valence-corrected chi connectivity index (χ1v) is 4.75. The van der Waals surface area contributed by atoms with Crippen LogP contribution in [0.25, 0.3) is 0 Å². The van der Waals surface area contributed by atoms with Crippen LogP contribution in [0.2, 0.25) is 0 Å². The van der Waals surface area contributed by atoms with Crippen molar-refractivity contribution in [2.24, 2.45) is 0 Å². The summed E-state index contributed by atoms with van der Waals surface area (Å²) in [5.41, 5.74) is 0. The summed E-state index contributed by atoms with van der Waals surface area (Å²) in [7, 11) is 0. The van der Waals surface area contributed by atoms with E-state index in [2.05, 4.69) is 19.6 Å². The molecule has 0 aliphatic carbocycles. The van der Waals surface area contributed by atoms with Crippen LogP contribution in [-0.2, 0) is 9.53 Å². The van der Waals surface area contributed by atoms with Crippen LogP contribution in [0.5, 0.6) is 0 Å². The fraction of sp³-hybridized carbons (Fsp3) is 0.545. The largest absolute Gasteiger partial charge is 0.462 e. The van der Waals surface area contributed by atoms with E-state index in [0.29, 0.717) is 6.61 Å². The maximum Gasteiger partial charge on any atom is 0.330 e. The molecule has 0 amide bonds. The van der Waals surface area contributed by atoms with Gasteiger partial charge in [-0.05, 0) is 12.8 Å². The summed E-state index contributed by atoms with van der Waals surface area (Å²) in [5.74, 6) is -0.345. The molecule has 0 N–H and O–H groups in total. The third-order valence-electron chi connectivity index (χ3n) is 1.59. The number of carbonyl (C=O) groups excluding carboxylic acids is 1. The van der Waals surface area contributed by atoms with Gasteiger partial charge in [-0.1, -0.05) is 38.5 Å². The lowest BCUT2D eigenvalue weighted by molar-refractivity contribution is -0.137. The number of carbonyl (C=O) groups is 1. The van der Waals surface area contributed by atoms with Crippen LogP contribution in [0, 0.1) is 0 Å². The minimum Gasteiger partial charge on any atom is -0.462 e. The molecule has 0 saturated carbocycles. The van der Waals surface area contributed by atoms with Crippen molar-refractivity contribution in [3.8, 4) is 0 Å². The molecular weight excluding hydrogens is 164 g/mol. The van der Waals surface area contributed by atoms with Gasteiger partial charge in [-0.3, -0.25) is 0 Å². The van der Waals surface area contributed by atoms with Gasteiger partial charge in [-0.15, -0.1) is 0 Å². The number of esters is 1. The molecule has 0 aliphatic rings. The molecule has 0 radical (unpaired) electrons. The van der Waals surface area contributed by atoms with Crippen LogP contribution >= 0.6 is 0 Å². The number of rotatable bonds is 7. The van der Waals surface area contributed by atoms with Crippen molar-refractivity contribution in [1.29, 1.82) is 0 Å². The maximum atomic E-state index is 10.6. The minimum absolute atomic E-state index is 0.345. The maximum absolute atomic E-state index is 10.6. The Labute approximate surface area is 80.3 Å². The Morgan fingerprint density at radius 1 is 1.38 bits per heavy atom. The summed E-state index contributed by atoms with van der Waals surface area (Å²) >= 11 is 0. The smallest absolute Gasteiger partial charge is 0.330 e. The van der Waals surface area contributed by atoms with Gasteiger partial charge >= 0.3 is 5.97 Å². The van der Waals surface area contributed by atoms with Gasteiger partial charge < -0.3 is 4.74 Å². The second-order valence-corrected chi connectivity index (χ2v) is 2.77. The fourth-order valence-electron chi connectivity index (χ4n) is 0.844. The summed E-state index contributed by atoms with van der Waals surface area (Å²) in [5, 5.41) is 0. The van der Waals surface area contributed by atoms with Crippen molar-refractivity contribution in [3.63, 3.8) is 0 Å². The Kier molecular flexibility index (Phi) is 8.31. The Morgan fingerprint density at radius 3 is 2.69 bits per heavy atom. The molecule has 2 nitrogen and oxygen atoms in total. The zero-order chi connectivity index (χ0) is 9.94. The van der Waals surface area contributed by atoms with Gasteiger partial charge in [-0.25, -0.2) is 4.79 Å². The molecule has 0 rings (SSSR count). The molecule has 0 aromatic heterocycles. The molecule has 2 heteroatoms. The summed E-state index contributed by atoms with van der Waals surface area (Å²) in [4.78, 5) is 10.6. The van der Waals surface area contributed by atoms with Gasteiger partial charge in [0.25, 0.3) is 0 Å². The molecule has 0 bridgehead atoms. The highest BCUT2D eigenvalue weighted by Crippen LogP contribution is 1.96. The van der Waals surface area contributed by atoms with Gasteiger partial charge in [0, 0.05) is 6.08 Å². The molecule has 0 aliphatic heterocycles. The van der Waals surface area contributed by atoms with Crippen LogP contribution in [-0.4, -0.2) is 12.6 Å². The molecular formula is C11H18O2. The molecule has 0 spiro atoms. The first-order valence-electron chi connectivity index (χ1n) is 4.75. The van der Waals surface area contributed by atoms with Gasteiger partial charge in [0.05, 0.1) is 6.61 Å². The van der Waals surface area contributed by atoms with Crippen LogP contribution < -0.4 is 0 Å². The van der Waals surface area contributed by atoms with Gasteiger partial charge in [0.15, 0.2) is 0 Å². The van der Waals surface area contributed by atoms with E-state index in [4.69, 9.17) is 4.74 Å². The predicted molar refractivity (Wildman–Crippen MR) is 54.4 cm³/mol. The van der Waals surface area contributed by atoms with Crippen molar-refractivity contribution in [1.82, 2.24) is 0 Å². The van der Waals surface area contributed by atoms with Crippen molar-refractivity contribution in [3.05, 3.63) is 24.8 Å². The lowest BCUT2D eigenvalue weighted by atomic mass is 10.2. The highest BCUT2D eigenvalue weighted by atomic mass is 16.5. The normalized spacial score (nSPS) is 10.2. The minimum atomic E-state index is -0.345. The SMILES string of the molecule is C=CC(=O)OCC/C=C/CCCC. The third-order valence-corrected chi connectivity index (χ3v) is 1.59. The van der Waals surface area contributed by atoms with Crippen molar-refractivity contribution < 1.29 is 9.53 Å². The molecule has 74 valence electrons. The van der Waals surface area contributed by atoms with E-state index in [1.54, 1.807) is 0 Å². The average molecular weight is 182 g/mol. The van der Waals surface area contributed by atoms with E-state index in [1.165, 1.54) is 18.9 Å². The first kappa shape index (κ1) is 11.9. The molecule has 0 heterocycles. The van der Waals surface area contributed by atoms with Gasteiger partial charge in [0.1, 0.15) is 0 Å². The monoisotopic (exact) mass is 182 g/mol. The fourth-order valence-corrected chi connectivity index (χ4v) is 0.844. The van der Waals surface area contributed by atoms with Crippen LogP contribution in [0.1, 0.15) is 32.6 Å². The van der Waals surface area contributed by atoms with Crippen molar-refractivity contribution in [2.75, 3.05) is 6.61 Å². The van der Waals surface area contributed by atoms with Crippen molar-refractivity contribution in [2.45, 2.75) is 32.6 Å². The van der Waals surface area contributed by atoms with Crippen LogP contribution in [0.4, 0.5) is 0 Å². The molecule has 0 atom stereocenters. The topological polar surface area (TPSA) is 26.3 Å². The van der Waals surface area contributed by atoms with Crippen LogP contribution in [0.15, 0.2) is 24.8 Å². The van der Waals surface area contributed by atoms with Crippen molar-refractivity contribution >= 4 is 5.97 Å². The second-order valence-electron chi connectivity index (χ2n) is 2.77. The molecule has 0 unspecified atom stereocenters. The van der Waals surface area contributed by atoms with E-state index in [-0.39, 0.29) is 5.97 Å². The van der Waals surface area contributed by atoms with E-state index in [1.807, 2.05) is 6.08 Å².